The van der Waals surface area contributed by atoms with E-state index < -0.39 is 0 Å². The van der Waals surface area contributed by atoms with Crippen LogP contribution in [-0.2, 0) is 19.5 Å². The van der Waals surface area contributed by atoms with Gasteiger partial charge in [-0.2, -0.15) is 0 Å². The van der Waals surface area contributed by atoms with Crippen LogP contribution in [0.3, 0.4) is 0 Å². The monoisotopic (exact) mass is 596 g/mol. The van der Waals surface area contributed by atoms with Crippen LogP contribution >= 0.6 is 0 Å². The van der Waals surface area contributed by atoms with E-state index in [-0.39, 0.29) is 0 Å². The molecular formula is C36H36N8O. The zero-order chi connectivity index (χ0) is 30.6. The zero-order valence-electron chi connectivity index (χ0n) is 25.6. The zero-order valence-corrected chi connectivity index (χ0v) is 25.6. The Morgan fingerprint density at radius 1 is 0.867 bits per heavy atom. The first-order chi connectivity index (χ1) is 22.2. The molecule has 4 aromatic carbocycles. The van der Waals surface area contributed by atoms with Crippen molar-refractivity contribution in [2.24, 2.45) is 0 Å². The second-order valence-corrected chi connectivity index (χ2v) is 11.4. The molecule has 7 rings (SSSR count). The van der Waals surface area contributed by atoms with Gasteiger partial charge in [0.1, 0.15) is 17.1 Å². The topological polar surface area (TPSA) is 99.3 Å². The third-order valence-electron chi connectivity index (χ3n) is 8.35. The maximum atomic E-state index is 6.49. The van der Waals surface area contributed by atoms with Crippen LogP contribution in [-0.4, -0.2) is 46.3 Å². The van der Waals surface area contributed by atoms with Gasteiger partial charge in [0.15, 0.2) is 5.82 Å². The summed E-state index contributed by atoms with van der Waals surface area (Å²) in [4.78, 5) is 9.69. The summed E-state index contributed by atoms with van der Waals surface area (Å²) >= 11 is 0. The van der Waals surface area contributed by atoms with Crippen molar-refractivity contribution in [2.45, 2.75) is 52.6 Å². The Morgan fingerprint density at radius 3 is 2.51 bits per heavy atom. The van der Waals surface area contributed by atoms with E-state index in [0.29, 0.717) is 19.0 Å². The fourth-order valence-electron chi connectivity index (χ4n) is 5.99. The number of tetrazole rings is 1. The molecule has 0 aliphatic rings. The lowest BCUT2D eigenvalue weighted by Crippen LogP contribution is -2.08. The number of H-pyrrole nitrogens is 1. The van der Waals surface area contributed by atoms with Crippen molar-refractivity contribution in [3.05, 3.63) is 108 Å². The van der Waals surface area contributed by atoms with Crippen LogP contribution in [0.15, 0.2) is 91.3 Å². The molecule has 0 unspecified atom stereocenters. The van der Waals surface area contributed by atoms with E-state index in [2.05, 4.69) is 103 Å². The summed E-state index contributed by atoms with van der Waals surface area (Å²) in [5, 5.41) is 14.5. The predicted molar refractivity (Wildman–Crippen MR) is 177 cm³/mol. The summed E-state index contributed by atoms with van der Waals surface area (Å²) in [6.45, 7) is 6.52. The number of aromatic nitrogens is 8. The molecule has 226 valence electrons. The number of aryl methyl sites for hydroxylation is 3. The highest BCUT2D eigenvalue weighted by Crippen LogP contribution is 2.33. The summed E-state index contributed by atoms with van der Waals surface area (Å²) in [5.74, 6) is 2.64. The van der Waals surface area contributed by atoms with E-state index in [1.807, 2.05) is 36.7 Å². The van der Waals surface area contributed by atoms with Crippen LogP contribution in [0.2, 0.25) is 0 Å². The average molecular weight is 597 g/mol. The third kappa shape index (κ3) is 5.81. The molecule has 3 aromatic heterocycles. The Kier molecular flexibility index (Phi) is 8.06. The van der Waals surface area contributed by atoms with Gasteiger partial charge in [0.2, 0.25) is 0 Å². The standard InChI is InChI=1S/C36H36N8O/c1-3-4-14-33-38-34-25(2)15-20-32(45-22-9-21-43-24-37-30-12-7-8-13-31(30)43)35(34)44(33)23-26-16-18-27(19-17-26)28-10-5-6-11-29(28)36-39-41-42-40-36/h5-8,10-13,15-20,24H,3-4,9,14,21-23H2,1-2H3,(H,39,40,41,42). The van der Waals surface area contributed by atoms with Gasteiger partial charge in [-0.15, -0.1) is 5.10 Å². The van der Waals surface area contributed by atoms with Gasteiger partial charge in [-0.05, 0) is 70.6 Å². The van der Waals surface area contributed by atoms with Crippen molar-refractivity contribution in [3.63, 3.8) is 0 Å². The molecule has 7 aromatic rings. The number of hydrogen-bond acceptors (Lipinski definition) is 6. The number of fused-ring (bicyclic) bond motifs is 2. The molecule has 9 nitrogen and oxygen atoms in total. The van der Waals surface area contributed by atoms with Crippen LogP contribution in [0.25, 0.3) is 44.6 Å². The summed E-state index contributed by atoms with van der Waals surface area (Å²) in [7, 11) is 0. The normalized spacial score (nSPS) is 11.5. The summed E-state index contributed by atoms with van der Waals surface area (Å²) < 4.78 is 11.0. The number of unbranched alkanes of at least 4 members (excludes halogenated alkanes) is 1. The lowest BCUT2D eigenvalue weighted by atomic mass is 9.98. The molecular weight excluding hydrogens is 560 g/mol. The van der Waals surface area contributed by atoms with Crippen LogP contribution < -0.4 is 4.74 Å². The average Bonchev–Trinajstić information content (AvgIpc) is 3.84. The molecule has 3 heterocycles. The summed E-state index contributed by atoms with van der Waals surface area (Å²) in [5.41, 5.74) is 9.78. The van der Waals surface area contributed by atoms with Crippen LogP contribution in [0, 0.1) is 6.92 Å². The van der Waals surface area contributed by atoms with E-state index in [9.17, 15) is 0 Å². The Morgan fingerprint density at radius 2 is 1.69 bits per heavy atom. The van der Waals surface area contributed by atoms with Gasteiger partial charge in [-0.1, -0.05) is 80.1 Å². The van der Waals surface area contributed by atoms with Gasteiger partial charge in [0, 0.05) is 25.1 Å². The fourth-order valence-corrected chi connectivity index (χ4v) is 5.99. The van der Waals surface area contributed by atoms with E-state index in [1.165, 1.54) is 5.56 Å². The van der Waals surface area contributed by atoms with E-state index in [1.54, 1.807) is 0 Å². The second kappa shape index (κ2) is 12.7. The number of rotatable bonds is 12. The van der Waals surface area contributed by atoms with Crippen molar-refractivity contribution in [2.75, 3.05) is 6.61 Å². The number of benzene rings is 4. The van der Waals surface area contributed by atoms with Crippen LogP contribution in [0.1, 0.15) is 43.1 Å². The van der Waals surface area contributed by atoms with Gasteiger partial charge in [0.05, 0.1) is 29.5 Å². The predicted octanol–water partition coefficient (Wildman–Crippen LogP) is 7.40. The molecule has 0 fully saturated rings. The van der Waals surface area contributed by atoms with Crippen molar-refractivity contribution >= 4 is 22.1 Å². The molecule has 0 saturated heterocycles. The van der Waals surface area contributed by atoms with Crippen LogP contribution in [0.5, 0.6) is 5.75 Å². The number of imidazole rings is 2. The number of hydrogen-bond donors (Lipinski definition) is 1. The molecule has 1 N–H and O–H groups in total. The summed E-state index contributed by atoms with van der Waals surface area (Å²) in [6.07, 6.45) is 5.92. The van der Waals surface area contributed by atoms with Crippen molar-refractivity contribution < 1.29 is 4.74 Å². The summed E-state index contributed by atoms with van der Waals surface area (Å²) in [6, 6.07) is 29.4. The van der Waals surface area contributed by atoms with Gasteiger partial charge >= 0.3 is 0 Å². The van der Waals surface area contributed by atoms with Gasteiger partial charge < -0.3 is 13.9 Å². The highest BCUT2D eigenvalue weighted by atomic mass is 16.5. The third-order valence-corrected chi connectivity index (χ3v) is 8.35. The van der Waals surface area contributed by atoms with Gasteiger partial charge in [-0.3, -0.25) is 0 Å². The Balaban J connectivity index is 1.15. The molecule has 0 atom stereocenters. The fraction of sp³-hybridized carbons (Fsp3) is 0.250. The molecule has 9 heteroatoms. The Bertz CT molecular complexity index is 2040. The lowest BCUT2D eigenvalue weighted by Gasteiger charge is -2.14. The molecule has 0 bridgehead atoms. The minimum Gasteiger partial charge on any atom is -0.491 e. The molecule has 0 spiro atoms. The molecule has 0 aliphatic carbocycles. The van der Waals surface area contributed by atoms with Crippen LogP contribution in [0.4, 0.5) is 0 Å². The molecule has 45 heavy (non-hydrogen) atoms. The maximum absolute atomic E-state index is 6.49. The molecule has 0 amide bonds. The first kappa shape index (κ1) is 28.5. The maximum Gasteiger partial charge on any atom is 0.180 e. The number of aromatic amines is 1. The number of para-hydroxylation sites is 2. The number of nitrogens with zero attached hydrogens (tertiary/aromatic N) is 7. The minimum absolute atomic E-state index is 0.606. The quantitative estimate of drug-likeness (QED) is 0.148. The van der Waals surface area contributed by atoms with E-state index in [4.69, 9.17) is 9.72 Å². The highest BCUT2D eigenvalue weighted by molar-refractivity contribution is 5.86. The Labute approximate surface area is 261 Å². The second-order valence-electron chi connectivity index (χ2n) is 11.4. The van der Waals surface area contributed by atoms with Crippen molar-refractivity contribution in [3.8, 4) is 28.3 Å². The number of ether oxygens (including phenoxy) is 1. The molecule has 0 radical (unpaired) electrons. The Hall–Kier alpha value is -5.31. The van der Waals surface area contributed by atoms with Crippen molar-refractivity contribution in [1.82, 2.24) is 39.7 Å². The van der Waals surface area contributed by atoms with Gasteiger partial charge in [0.25, 0.3) is 0 Å². The lowest BCUT2D eigenvalue weighted by molar-refractivity contribution is 0.304. The van der Waals surface area contributed by atoms with Crippen molar-refractivity contribution in [1.29, 1.82) is 0 Å². The first-order valence-corrected chi connectivity index (χ1v) is 15.6. The molecule has 0 saturated carbocycles. The largest absolute Gasteiger partial charge is 0.491 e. The number of nitrogens with one attached hydrogen (secondary N) is 1. The SMILES string of the molecule is CCCCc1nc2c(C)ccc(OCCCn3cnc4ccccc43)c2n1Cc1ccc(-c2ccccc2-c2nnn[nH]2)cc1. The van der Waals surface area contributed by atoms with E-state index in [0.717, 1.165) is 88.1 Å². The van der Waals surface area contributed by atoms with E-state index >= 15 is 0 Å². The molecule has 0 aliphatic heterocycles. The first-order valence-electron chi connectivity index (χ1n) is 15.6. The van der Waals surface area contributed by atoms with Gasteiger partial charge in [-0.25, -0.2) is 15.1 Å². The highest BCUT2D eigenvalue weighted by Gasteiger charge is 2.18. The minimum atomic E-state index is 0.606. The smallest absolute Gasteiger partial charge is 0.180 e.